The largest absolute Gasteiger partial charge is 0.436 e. The number of anilines is 1. The Morgan fingerprint density at radius 3 is 2.70 bits per heavy atom. The summed E-state index contributed by atoms with van der Waals surface area (Å²) in [6.45, 7) is 0. The van der Waals surface area contributed by atoms with Crippen molar-refractivity contribution in [2.45, 2.75) is 4.90 Å². The first-order chi connectivity index (χ1) is 9.47. The van der Waals surface area contributed by atoms with Crippen LogP contribution >= 0.6 is 11.6 Å². The molecule has 0 fully saturated rings. The first-order valence-electron chi connectivity index (χ1n) is 5.64. The minimum atomic E-state index is -3.71. The molecule has 20 heavy (non-hydrogen) atoms. The molecule has 0 amide bonds. The molecule has 2 aromatic rings. The van der Waals surface area contributed by atoms with Gasteiger partial charge in [0.2, 0.25) is 5.90 Å². The standard InChI is InChI=1S/C13H9ClN2O3S/c14-10-6-5-8(15)7-11(10)19-13-9-3-1-2-4-12(9)20(17,18)16-13/h1-7H,15H2. The number of nitrogens with zero attached hydrogens (tertiary/aromatic N) is 1. The van der Waals surface area contributed by atoms with Crippen molar-refractivity contribution in [3.63, 3.8) is 0 Å². The maximum absolute atomic E-state index is 11.9. The van der Waals surface area contributed by atoms with Crippen LogP contribution < -0.4 is 10.5 Å². The predicted octanol–water partition coefficient (Wildman–Crippen LogP) is 2.45. The average Bonchev–Trinajstić information content (AvgIpc) is 2.66. The fraction of sp³-hybridized carbons (Fsp3) is 0. The van der Waals surface area contributed by atoms with Gasteiger partial charge in [0.25, 0.3) is 10.0 Å². The van der Waals surface area contributed by atoms with Gasteiger partial charge in [0.1, 0.15) is 10.6 Å². The van der Waals surface area contributed by atoms with E-state index in [1.54, 1.807) is 30.3 Å². The lowest BCUT2D eigenvalue weighted by Crippen LogP contribution is -2.08. The monoisotopic (exact) mass is 308 g/mol. The molecule has 0 saturated heterocycles. The number of nitrogen functional groups attached to an aromatic ring is 1. The zero-order valence-corrected chi connectivity index (χ0v) is 11.6. The van der Waals surface area contributed by atoms with E-state index in [9.17, 15) is 8.42 Å². The number of benzene rings is 2. The van der Waals surface area contributed by atoms with Crippen LogP contribution in [0.25, 0.3) is 0 Å². The molecular weight excluding hydrogens is 300 g/mol. The second kappa shape index (κ2) is 4.50. The molecule has 2 aromatic carbocycles. The van der Waals surface area contributed by atoms with Gasteiger partial charge in [0.05, 0.1) is 10.6 Å². The highest BCUT2D eigenvalue weighted by atomic mass is 35.5. The summed E-state index contributed by atoms with van der Waals surface area (Å²) in [7, 11) is -3.71. The smallest absolute Gasteiger partial charge is 0.286 e. The number of rotatable bonds is 1. The highest BCUT2D eigenvalue weighted by Gasteiger charge is 2.30. The van der Waals surface area contributed by atoms with Crippen LogP contribution in [0.5, 0.6) is 5.75 Å². The third-order valence-corrected chi connectivity index (χ3v) is 4.39. The topological polar surface area (TPSA) is 81.8 Å². The Morgan fingerprint density at radius 2 is 1.90 bits per heavy atom. The summed E-state index contributed by atoms with van der Waals surface area (Å²) in [5, 5.41) is 0.323. The second-order valence-corrected chi connectivity index (χ2v) is 6.14. The molecule has 1 heterocycles. The summed E-state index contributed by atoms with van der Waals surface area (Å²) in [5.41, 5.74) is 6.52. The Kier molecular flexibility index (Phi) is 2.92. The lowest BCUT2D eigenvalue weighted by atomic mass is 10.2. The van der Waals surface area contributed by atoms with Crippen molar-refractivity contribution in [3.8, 4) is 5.75 Å². The van der Waals surface area contributed by atoms with E-state index in [-0.39, 0.29) is 16.5 Å². The van der Waals surface area contributed by atoms with Gasteiger partial charge in [-0.15, -0.1) is 4.40 Å². The Balaban J connectivity index is 2.07. The quantitative estimate of drug-likeness (QED) is 0.820. The SMILES string of the molecule is Nc1ccc(Cl)c(OC2=NS(=O)(=O)c3ccccc32)c1. The van der Waals surface area contributed by atoms with Crippen LogP contribution in [0.3, 0.4) is 0 Å². The summed E-state index contributed by atoms with van der Waals surface area (Å²) in [6.07, 6.45) is 0. The Hall–Kier alpha value is -2.05. The summed E-state index contributed by atoms with van der Waals surface area (Å²) >= 11 is 5.99. The van der Waals surface area contributed by atoms with E-state index in [1.165, 1.54) is 12.1 Å². The van der Waals surface area contributed by atoms with Crippen LogP contribution in [-0.2, 0) is 10.0 Å². The minimum absolute atomic E-state index is 0.00639. The lowest BCUT2D eigenvalue weighted by molar-refractivity contribution is 0.554. The van der Waals surface area contributed by atoms with Crippen LogP contribution in [0.1, 0.15) is 5.56 Å². The van der Waals surface area contributed by atoms with Crippen molar-refractivity contribution in [1.29, 1.82) is 0 Å². The summed E-state index contributed by atoms with van der Waals surface area (Å²) in [5.74, 6) is 0.255. The molecule has 0 aliphatic carbocycles. The van der Waals surface area contributed by atoms with E-state index in [0.717, 1.165) is 0 Å². The molecule has 7 heteroatoms. The van der Waals surface area contributed by atoms with Crippen LogP contribution in [-0.4, -0.2) is 14.3 Å². The van der Waals surface area contributed by atoms with E-state index in [0.29, 0.717) is 16.3 Å². The Morgan fingerprint density at radius 1 is 1.15 bits per heavy atom. The van der Waals surface area contributed by atoms with E-state index in [1.807, 2.05) is 0 Å². The van der Waals surface area contributed by atoms with Crippen LogP contribution in [0.15, 0.2) is 51.8 Å². The average molecular weight is 309 g/mol. The van der Waals surface area contributed by atoms with Crippen molar-refractivity contribution in [1.82, 2.24) is 0 Å². The predicted molar refractivity (Wildman–Crippen MR) is 76.7 cm³/mol. The van der Waals surface area contributed by atoms with Gasteiger partial charge in [-0.1, -0.05) is 23.7 Å². The van der Waals surface area contributed by atoms with Crippen molar-refractivity contribution in [2.24, 2.45) is 4.40 Å². The van der Waals surface area contributed by atoms with E-state index < -0.39 is 10.0 Å². The third kappa shape index (κ3) is 2.13. The first kappa shape index (κ1) is 13.0. The van der Waals surface area contributed by atoms with Crippen LogP contribution in [0.4, 0.5) is 5.69 Å². The Bertz CT molecular complexity index is 831. The number of ether oxygens (including phenoxy) is 1. The van der Waals surface area contributed by atoms with Crippen LogP contribution in [0.2, 0.25) is 5.02 Å². The molecule has 1 aliphatic heterocycles. The molecule has 1 aliphatic rings. The molecule has 0 spiro atoms. The zero-order chi connectivity index (χ0) is 14.3. The van der Waals surface area contributed by atoms with E-state index in [2.05, 4.69) is 4.40 Å². The molecular formula is C13H9ClN2O3S. The van der Waals surface area contributed by atoms with Gasteiger partial charge in [0, 0.05) is 11.8 Å². The summed E-state index contributed by atoms with van der Waals surface area (Å²) in [4.78, 5) is 0.120. The number of halogens is 1. The highest BCUT2D eigenvalue weighted by Crippen LogP contribution is 2.31. The molecule has 5 nitrogen and oxygen atoms in total. The maximum Gasteiger partial charge on any atom is 0.286 e. The van der Waals surface area contributed by atoms with Crippen molar-refractivity contribution >= 4 is 33.2 Å². The molecule has 3 rings (SSSR count). The van der Waals surface area contributed by atoms with Gasteiger partial charge >= 0.3 is 0 Å². The molecule has 2 N–H and O–H groups in total. The first-order valence-corrected chi connectivity index (χ1v) is 7.46. The number of hydrogen-bond donors (Lipinski definition) is 1. The molecule has 0 bridgehead atoms. The zero-order valence-electron chi connectivity index (χ0n) is 10.1. The molecule has 102 valence electrons. The van der Waals surface area contributed by atoms with Gasteiger partial charge in [-0.3, -0.25) is 0 Å². The van der Waals surface area contributed by atoms with E-state index >= 15 is 0 Å². The van der Waals surface area contributed by atoms with Gasteiger partial charge < -0.3 is 10.5 Å². The molecule has 0 saturated carbocycles. The highest BCUT2D eigenvalue weighted by molar-refractivity contribution is 7.90. The molecule has 0 aromatic heterocycles. The fourth-order valence-electron chi connectivity index (χ4n) is 1.85. The maximum atomic E-state index is 11.9. The van der Waals surface area contributed by atoms with Crippen molar-refractivity contribution in [2.75, 3.05) is 5.73 Å². The molecule has 0 atom stereocenters. The van der Waals surface area contributed by atoms with E-state index in [4.69, 9.17) is 22.1 Å². The lowest BCUT2D eigenvalue weighted by Gasteiger charge is -2.07. The van der Waals surface area contributed by atoms with Gasteiger partial charge in [-0.2, -0.15) is 8.42 Å². The van der Waals surface area contributed by atoms with Crippen LogP contribution in [0, 0.1) is 0 Å². The van der Waals surface area contributed by atoms with Gasteiger partial charge in [-0.25, -0.2) is 0 Å². The third-order valence-electron chi connectivity index (χ3n) is 2.76. The molecule has 0 unspecified atom stereocenters. The number of nitrogens with two attached hydrogens (primary N) is 1. The fourth-order valence-corrected chi connectivity index (χ4v) is 3.14. The number of fused-ring (bicyclic) bond motifs is 1. The number of sulfonamides is 1. The normalized spacial score (nSPS) is 15.6. The molecule has 0 radical (unpaired) electrons. The van der Waals surface area contributed by atoms with Crippen molar-refractivity contribution in [3.05, 3.63) is 53.1 Å². The van der Waals surface area contributed by atoms with Crippen molar-refractivity contribution < 1.29 is 13.2 Å². The Labute approximate surface area is 120 Å². The second-order valence-electron chi connectivity index (χ2n) is 4.16. The summed E-state index contributed by atoms with van der Waals surface area (Å²) in [6, 6.07) is 11.1. The van der Waals surface area contributed by atoms with Gasteiger partial charge in [-0.05, 0) is 24.3 Å². The van der Waals surface area contributed by atoms with Gasteiger partial charge in [0.15, 0.2) is 0 Å². The summed E-state index contributed by atoms with van der Waals surface area (Å²) < 4.78 is 32.9. The number of hydrogen-bond acceptors (Lipinski definition) is 4. The minimum Gasteiger partial charge on any atom is -0.436 e.